The molecule has 0 spiro atoms. The number of nitrogens with zero attached hydrogens (tertiary/aromatic N) is 2. The standard InChI is InChI=1S/C23H21ClFN3O3S/c1-13-17-11-22(29)28(2)12-20(17)18-9-15(7-8-26-32(30)31)21(24)10-19(18)23(27-13)14-3-5-16(25)6-4-14/h3-6,9-13,32H,7-8H2,1-2H3,(H,26,30,31)/t13-/m0/s1. The van der Waals surface area contributed by atoms with Crippen molar-refractivity contribution in [1.82, 2.24) is 9.29 Å². The first kappa shape index (κ1) is 22.4. The number of thiol groups is 1. The van der Waals surface area contributed by atoms with Crippen LogP contribution in [0.3, 0.4) is 0 Å². The predicted octanol–water partition coefficient (Wildman–Crippen LogP) is 3.42. The Morgan fingerprint density at radius 1 is 1.12 bits per heavy atom. The summed E-state index contributed by atoms with van der Waals surface area (Å²) in [5, 5.41) is 0.474. The Labute approximate surface area is 191 Å². The first-order chi connectivity index (χ1) is 15.2. The van der Waals surface area contributed by atoms with Crippen LogP contribution < -0.4 is 10.3 Å². The fourth-order valence-electron chi connectivity index (χ4n) is 3.90. The Hall–Kier alpha value is -2.81. The van der Waals surface area contributed by atoms with Crippen LogP contribution in [0.2, 0.25) is 5.02 Å². The highest BCUT2D eigenvalue weighted by Gasteiger charge is 2.25. The van der Waals surface area contributed by atoms with Gasteiger partial charge in [-0.15, -0.1) is 0 Å². The lowest BCUT2D eigenvalue weighted by Crippen LogP contribution is -2.17. The number of aromatic nitrogens is 1. The van der Waals surface area contributed by atoms with E-state index in [0.29, 0.717) is 17.2 Å². The second-order valence-electron chi connectivity index (χ2n) is 7.66. The molecule has 0 fully saturated rings. The van der Waals surface area contributed by atoms with Gasteiger partial charge in [0.1, 0.15) is 5.82 Å². The van der Waals surface area contributed by atoms with Crippen molar-refractivity contribution in [3.05, 3.63) is 92.1 Å². The lowest BCUT2D eigenvalue weighted by Gasteiger charge is -2.16. The van der Waals surface area contributed by atoms with Gasteiger partial charge >= 0.3 is 0 Å². The van der Waals surface area contributed by atoms with Gasteiger partial charge in [0.2, 0.25) is 10.9 Å². The first-order valence-corrected chi connectivity index (χ1v) is 11.6. The van der Waals surface area contributed by atoms with Gasteiger partial charge in [0, 0.05) is 47.6 Å². The molecule has 1 atom stereocenters. The average molecular weight is 474 g/mol. The zero-order chi connectivity index (χ0) is 23.0. The van der Waals surface area contributed by atoms with Crippen LogP contribution in [0.15, 0.2) is 58.4 Å². The Morgan fingerprint density at radius 2 is 1.84 bits per heavy atom. The summed E-state index contributed by atoms with van der Waals surface area (Å²) in [7, 11) is -1.01. The topological polar surface area (TPSA) is 80.5 Å². The molecule has 166 valence electrons. The molecule has 3 aromatic rings. The van der Waals surface area contributed by atoms with Crippen molar-refractivity contribution in [2.75, 3.05) is 6.54 Å². The van der Waals surface area contributed by atoms with E-state index in [0.717, 1.165) is 33.4 Å². The summed E-state index contributed by atoms with van der Waals surface area (Å²) in [6, 6.07) is 11.1. The molecule has 0 saturated heterocycles. The predicted molar refractivity (Wildman–Crippen MR) is 125 cm³/mol. The summed E-state index contributed by atoms with van der Waals surface area (Å²) < 4.78 is 39.2. The van der Waals surface area contributed by atoms with E-state index in [9.17, 15) is 17.6 Å². The molecule has 1 aromatic heterocycles. The van der Waals surface area contributed by atoms with Crippen molar-refractivity contribution < 1.29 is 12.8 Å². The van der Waals surface area contributed by atoms with Crippen LogP contribution >= 0.6 is 11.6 Å². The third kappa shape index (κ3) is 4.39. The molecule has 9 heteroatoms. The molecule has 0 unspecified atom stereocenters. The molecule has 1 N–H and O–H groups in total. The van der Waals surface area contributed by atoms with Crippen LogP contribution in [-0.4, -0.2) is 25.2 Å². The molecule has 6 nitrogen and oxygen atoms in total. The zero-order valence-corrected chi connectivity index (χ0v) is 19.1. The number of halogens is 2. The first-order valence-electron chi connectivity index (χ1n) is 10.00. The fourth-order valence-corrected chi connectivity index (χ4v) is 4.45. The van der Waals surface area contributed by atoms with Gasteiger partial charge in [0.25, 0.3) is 5.56 Å². The Morgan fingerprint density at radius 3 is 2.53 bits per heavy atom. The highest BCUT2D eigenvalue weighted by Crippen LogP contribution is 2.39. The maximum absolute atomic E-state index is 13.6. The fraction of sp³-hybridized carbons (Fsp3) is 0.217. The average Bonchev–Trinajstić information content (AvgIpc) is 2.84. The number of benzene rings is 2. The van der Waals surface area contributed by atoms with Crippen LogP contribution in [0.4, 0.5) is 4.39 Å². The number of nitrogens with one attached hydrogen (secondary N) is 1. The van der Waals surface area contributed by atoms with E-state index in [4.69, 9.17) is 16.6 Å². The van der Waals surface area contributed by atoms with E-state index < -0.39 is 10.9 Å². The second kappa shape index (κ2) is 8.97. The summed E-state index contributed by atoms with van der Waals surface area (Å²) in [5.41, 5.74) is 5.21. The Kier molecular flexibility index (Phi) is 6.28. The number of hydrogen-bond acceptors (Lipinski definition) is 4. The van der Waals surface area contributed by atoms with E-state index in [-0.39, 0.29) is 24.0 Å². The number of rotatable bonds is 5. The largest absolute Gasteiger partial charge is 0.318 e. The van der Waals surface area contributed by atoms with Crippen LogP contribution in [0.25, 0.3) is 11.1 Å². The maximum Gasteiger partial charge on any atom is 0.250 e. The van der Waals surface area contributed by atoms with Gasteiger partial charge in [-0.1, -0.05) is 11.6 Å². The SMILES string of the molecule is C[C@@H]1N=C(c2ccc(F)cc2)c2cc(Cl)c(CCN[SH](=O)=O)cc2-c2cn(C)c(=O)cc21. The van der Waals surface area contributed by atoms with Gasteiger partial charge in [-0.3, -0.25) is 9.79 Å². The molecular weight excluding hydrogens is 453 g/mol. The smallest absolute Gasteiger partial charge is 0.250 e. The Bertz CT molecular complexity index is 1360. The number of pyridine rings is 1. The zero-order valence-electron chi connectivity index (χ0n) is 17.4. The molecule has 2 aromatic carbocycles. The van der Waals surface area contributed by atoms with Crippen molar-refractivity contribution in [3.63, 3.8) is 0 Å². The molecule has 4 rings (SSSR count). The quantitative estimate of drug-likeness (QED) is 0.557. The van der Waals surface area contributed by atoms with Crippen LogP contribution in [0.5, 0.6) is 0 Å². The minimum absolute atomic E-state index is 0.143. The molecule has 1 aliphatic heterocycles. The highest BCUT2D eigenvalue weighted by molar-refractivity contribution is 7.70. The molecule has 32 heavy (non-hydrogen) atoms. The summed E-state index contributed by atoms with van der Waals surface area (Å²) in [5.74, 6) is -0.347. The molecule has 0 saturated carbocycles. The van der Waals surface area contributed by atoms with E-state index in [2.05, 4.69) is 4.72 Å². The number of aliphatic imine (C=N–C) groups is 1. The molecule has 0 bridgehead atoms. The lowest BCUT2D eigenvalue weighted by molar-refractivity contribution is 0.602. The van der Waals surface area contributed by atoms with Crippen LogP contribution in [0.1, 0.15) is 35.2 Å². The highest BCUT2D eigenvalue weighted by atomic mass is 35.5. The van der Waals surface area contributed by atoms with E-state index >= 15 is 0 Å². The van der Waals surface area contributed by atoms with Crippen LogP contribution in [0, 0.1) is 5.82 Å². The van der Waals surface area contributed by atoms with Crippen molar-refractivity contribution in [3.8, 4) is 11.1 Å². The second-order valence-corrected chi connectivity index (χ2v) is 8.89. The number of aryl methyl sites for hydroxylation is 1. The normalized spacial score (nSPS) is 15.2. The van der Waals surface area contributed by atoms with Gasteiger partial charge in [-0.05, 0) is 66.4 Å². The van der Waals surface area contributed by atoms with E-state index in [1.165, 1.54) is 16.7 Å². The van der Waals surface area contributed by atoms with Crippen molar-refractivity contribution in [2.45, 2.75) is 19.4 Å². The molecular formula is C23H21ClFN3O3S. The molecule has 2 heterocycles. The number of hydrogen-bond donors (Lipinski definition) is 2. The van der Waals surface area contributed by atoms with Gasteiger partial charge in [0.05, 0.1) is 11.8 Å². The Balaban J connectivity index is 1.96. The minimum Gasteiger partial charge on any atom is -0.318 e. The summed E-state index contributed by atoms with van der Waals surface area (Å²) in [6.07, 6.45) is 2.18. The summed E-state index contributed by atoms with van der Waals surface area (Å²) >= 11 is 6.58. The third-order valence-corrected chi connectivity index (χ3v) is 6.35. The third-order valence-electron chi connectivity index (χ3n) is 5.52. The van der Waals surface area contributed by atoms with Crippen molar-refractivity contribution in [2.24, 2.45) is 12.0 Å². The van der Waals surface area contributed by atoms with E-state index in [1.54, 1.807) is 37.5 Å². The molecule has 0 radical (unpaired) electrons. The van der Waals surface area contributed by atoms with Crippen molar-refractivity contribution >= 4 is 28.2 Å². The number of fused-ring (bicyclic) bond motifs is 3. The monoisotopic (exact) mass is 473 g/mol. The lowest BCUT2D eigenvalue weighted by atomic mass is 9.90. The van der Waals surface area contributed by atoms with Gasteiger partial charge in [0.15, 0.2) is 0 Å². The van der Waals surface area contributed by atoms with Gasteiger partial charge < -0.3 is 4.57 Å². The molecule has 1 aliphatic rings. The summed E-state index contributed by atoms with van der Waals surface area (Å²) in [4.78, 5) is 17.2. The molecule has 0 aliphatic carbocycles. The minimum atomic E-state index is -2.70. The maximum atomic E-state index is 13.6. The molecule has 0 amide bonds. The summed E-state index contributed by atoms with van der Waals surface area (Å²) in [6.45, 7) is 2.12. The van der Waals surface area contributed by atoms with Crippen molar-refractivity contribution in [1.29, 1.82) is 0 Å². The van der Waals surface area contributed by atoms with Gasteiger partial charge in [-0.25, -0.2) is 17.5 Å². The van der Waals surface area contributed by atoms with Gasteiger partial charge in [-0.2, -0.15) is 0 Å². The van der Waals surface area contributed by atoms with E-state index in [1.807, 2.05) is 13.0 Å². The van der Waals surface area contributed by atoms with Crippen LogP contribution in [-0.2, 0) is 24.4 Å².